The third-order valence-electron chi connectivity index (χ3n) is 4.90. The Kier molecular flexibility index (Phi) is 4.92. The summed E-state index contributed by atoms with van der Waals surface area (Å²) < 4.78 is 0. The van der Waals surface area contributed by atoms with Gasteiger partial charge < -0.3 is 15.7 Å². The molecule has 26 heavy (non-hydrogen) atoms. The lowest BCUT2D eigenvalue weighted by molar-refractivity contribution is -0.136. The van der Waals surface area contributed by atoms with Crippen LogP contribution in [0.1, 0.15) is 37.7 Å². The number of carboxylic acids is 1. The number of urea groups is 1. The van der Waals surface area contributed by atoms with Crippen molar-refractivity contribution in [1.29, 1.82) is 0 Å². The topological polar surface area (TPSA) is 116 Å². The first kappa shape index (κ1) is 17.9. The highest BCUT2D eigenvalue weighted by Crippen LogP contribution is 2.35. The Morgan fingerprint density at radius 2 is 1.88 bits per heavy atom. The van der Waals surface area contributed by atoms with Crippen molar-refractivity contribution in [2.45, 2.75) is 44.1 Å². The minimum Gasteiger partial charge on any atom is -0.481 e. The monoisotopic (exact) mass is 359 g/mol. The summed E-state index contributed by atoms with van der Waals surface area (Å²) in [6.45, 7) is -0.000647. The molecule has 0 radical (unpaired) electrons. The number of hydrogen-bond donors (Lipinski definition) is 3. The molecule has 0 unspecified atom stereocenters. The van der Waals surface area contributed by atoms with Gasteiger partial charge in [-0.3, -0.25) is 19.3 Å². The van der Waals surface area contributed by atoms with E-state index in [4.69, 9.17) is 5.11 Å². The van der Waals surface area contributed by atoms with Gasteiger partial charge in [-0.25, -0.2) is 4.79 Å². The van der Waals surface area contributed by atoms with Crippen LogP contribution in [0.2, 0.25) is 0 Å². The molecule has 0 atom stereocenters. The highest BCUT2D eigenvalue weighted by atomic mass is 16.4. The standard InChI is InChI=1S/C18H21N3O5/c22-14(19-13-6-2-1-5-12(13)11-15(23)24)7-10-21-16(25)18(20-17(21)26)8-3-4-9-18/h1-2,5-6H,3-4,7-11H2,(H,19,22)(H,20,26)(H,23,24). The normalized spacial score (nSPS) is 18.2. The number of carboxylic acid groups (broad SMARTS) is 1. The van der Waals surface area contributed by atoms with Crippen LogP contribution >= 0.6 is 0 Å². The fourth-order valence-corrected chi connectivity index (χ4v) is 3.58. The summed E-state index contributed by atoms with van der Waals surface area (Å²) in [5.74, 6) is -1.62. The first-order chi connectivity index (χ1) is 12.4. The van der Waals surface area contributed by atoms with Gasteiger partial charge in [-0.15, -0.1) is 0 Å². The second-order valence-electron chi connectivity index (χ2n) is 6.70. The van der Waals surface area contributed by atoms with Crippen LogP contribution in [-0.4, -0.2) is 45.9 Å². The van der Waals surface area contributed by atoms with Crippen LogP contribution in [0.15, 0.2) is 24.3 Å². The molecular weight excluding hydrogens is 338 g/mol. The molecule has 1 aromatic carbocycles. The number of rotatable bonds is 6. The van der Waals surface area contributed by atoms with Crippen molar-refractivity contribution in [2.24, 2.45) is 0 Å². The van der Waals surface area contributed by atoms with Crippen molar-refractivity contribution in [2.75, 3.05) is 11.9 Å². The smallest absolute Gasteiger partial charge is 0.325 e. The van der Waals surface area contributed by atoms with Crippen LogP contribution in [-0.2, 0) is 20.8 Å². The zero-order valence-electron chi connectivity index (χ0n) is 14.3. The molecule has 1 aromatic rings. The van der Waals surface area contributed by atoms with E-state index in [-0.39, 0.29) is 31.2 Å². The predicted octanol–water partition coefficient (Wildman–Crippen LogP) is 1.51. The van der Waals surface area contributed by atoms with Gasteiger partial charge in [0.05, 0.1) is 6.42 Å². The Bertz CT molecular complexity index is 755. The zero-order chi connectivity index (χ0) is 18.7. The molecule has 1 heterocycles. The van der Waals surface area contributed by atoms with Gasteiger partial charge in [0, 0.05) is 18.7 Å². The van der Waals surface area contributed by atoms with E-state index in [9.17, 15) is 19.2 Å². The number of hydrogen-bond acceptors (Lipinski definition) is 4. The number of anilines is 1. The molecule has 3 rings (SSSR count). The highest BCUT2D eigenvalue weighted by Gasteiger charge is 2.52. The van der Waals surface area contributed by atoms with Gasteiger partial charge in [0.1, 0.15) is 5.54 Å². The Labute approximate surface area is 150 Å². The van der Waals surface area contributed by atoms with Crippen molar-refractivity contribution in [1.82, 2.24) is 10.2 Å². The number of imide groups is 1. The molecule has 1 spiro atoms. The molecule has 1 aliphatic carbocycles. The van der Waals surface area contributed by atoms with E-state index in [1.807, 2.05) is 0 Å². The molecule has 0 aromatic heterocycles. The summed E-state index contributed by atoms with van der Waals surface area (Å²) >= 11 is 0. The van der Waals surface area contributed by atoms with E-state index in [0.29, 0.717) is 24.1 Å². The molecule has 2 aliphatic rings. The lowest BCUT2D eigenvalue weighted by atomic mass is 9.98. The lowest BCUT2D eigenvalue weighted by Crippen LogP contribution is -2.44. The molecular formula is C18H21N3O5. The molecule has 8 nitrogen and oxygen atoms in total. The van der Waals surface area contributed by atoms with Crippen molar-refractivity contribution in [3.8, 4) is 0 Å². The van der Waals surface area contributed by atoms with Crippen LogP contribution in [0.4, 0.5) is 10.5 Å². The summed E-state index contributed by atoms with van der Waals surface area (Å²) in [5, 5.41) is 14.4. The molecule has 1 saturated carbocycles. The average molecular weight is 359 g/mol. The number of carbonyl (C=O) groups excluding carboxylic acids is 3. The van der Waals surface area contributed by atoms with Gasteiger partial charge in [0.2, 0.25) is 5.91 Å². The highest BCUT2D eigenvalue weighted by molar-refractivity contribution is 6.07. The van der Waals surface area contributed by atoms with Gasteiger partial charge in [0.15, 0.2) is 0 Å². The molecule has 4 amide bonds. The van der Waals surface area contributed by atoms with Crippen LogP contribution in [0.3, 0.4) is 0 Å². The number of aliphatic carboxylic acids is 1. The summed E-state index contributed by atoms with van der Waals surface area (Å²) in [5.41, 5.74) is 0.138. The summed E-state index contributed by atoms with van der Waals surface area (Å²) in [7, 11) is 0. The predicted molar refractivity (Wildman–Crippen MR) is 92.5 cm³/mol. The molecule has 0 bridgehead atoms. The maximum Gasteiger partial charge on any atom is 0.325 e. The number of amides is 4. The number of benzene rings is 1. The van der Waals surface area contributed by atoms with Crippen molar-refractivity contribution < 1.29 is 24.3 Å². The minimum absolute atomic E-state index is 0.000647. The van der Waals surface area contributed by atoms with E-state index in [2.05, 4.69) is 10.6 Å². The van der Waals surface area contributed by atoms with Gasteiger partial charge >= 0.3 is 12.0 Å². The van der Waals surface area contributed by atoms with Gasteiger partial charge in [-0.2, -0.15) is 0 Å². The second kappa shape index (κ2) is 7.15. The first-order valence-corrected chi connectivity index (χ1v) is 8.65. The van der Waals surface area contributed by atoms with E-state index < -0.39 is 17.5 Å². The number of carbonyl (C=O) groups is 4. The van der Waals surface area contributed by atoms with Crippen LogP contribution < -0.4 is 10.6 Å². The van der Waals surface area contributed by atoms with Crippen LogP contribution in [0, 0.1) is 0 Å². The average Bonchev–Trinajstić information content (AvgIpc) is 3.14. The van der Waals surface area contributed by atoms with Crippen LogP contribution in [0.5, 0.6) is 0 Å². The van der Waals surface area contributed by atoms with E-state index in [1.165, 1.54) is 0 Å². The minimum atomic E-state index is -0.993. The number of nitrogens with one attached hydrogen (secondary N) is 2. The third-order valence-corrected chi connectivity index (χ3v) is 4.90. The summed E-state index contributed by atoms with van der Waals surface area (Å²) in [6, 6.07) is 6.20. The molecule has 138 valence electrons. The van der Waals surface area contributed by atoms with Crippen LogP contribution in [0.25, 0.3) is 0 Å². The Balaban J connectivity index is 1.59. The molecule has 3 N–H and O–H groups in total. The van der Waals surface area contributed by atoms with E-state index >= 15 is 0 Å². The SMILES string of the molecule is O=C(O)Cc1ccccc1NC(=O)CCN1C(=O)NC2(CCCC2)C1=O. The van der Waals surface area contributed by atoms with Crippen molar-refractivity contribution >= 4 is 29.5 Å². The van der Waals surface area contributed by atoms with Crippen molar-refractivity contribution in [3.05, 3.63) is 29.8 Å². The second-order valence-corrected chi connectivity index (χ2v) is 6.70. The largest absolute Gasteiger partial charge is 0.481 e. The molecule has 8 heteroatoms. The number of nitrogens with zero attached hydrogens (tertiary/aromatic N) is 1. The maximum absolute atomic E-state index is 12.5. The summed E-state index contributed by atoms with van der Waals surface area (Å²) in [4.78, 5) is 48.8. The lowest BCUT2D eigenvalue weighted by Gasteiger charge is -2.20. The molecule has 1 saturated heterocycles. The molecule has 1 aliphatic heterocycles. The van der Waals surface area contributed by atoms with Crippen molar-refractivity contribution in [3.63, 3.8) is 0 Å². The Hall–Kier alpha value is -2.90. The Morgan fingerprint density at radius 3 is 2.58 bits per heavy atom. The maximum atomic E-state index is 12.5. The van der Waals surface area contributed by atoms with Gasteiger partial charge in [0.25, 0.3) is 5.91 Å². The van der Waals surface area contributed by atoms with E-state index in [0.717, 1.165) is 17.7 Å². The quantitative estimate of drug-likeness (QED) is 0.666. The summed E-state index contributed by atoms with van der Waals surface area (Å²) in [6.07, 6.45) is 2.84. The first-order valence-electron chi connectivity index (χ1n) is 8.65. The third kappa shape index (κ3) is 3.54. The van der Waals surface area contributed by atoms with Gasteiger partial charge in [-0.1, -0.05) is 31.0 Å². The Morgan fingerprint density at radius 1 is 1.19 bits per heavy atom. The fraction of sp³-hybridized carbons (Fsp3) is 0.444. The fourth-order valence-electron chi connectivity index (χ4n) is 3.58. The van der Waals surface area contributed by atoms with E-state index in [1.54, 1.807) is 24.3 Å². The zero-order valence-corrected chi connectivity index (χ0v) is 14.3. The molecule has 2 fully saturated rings. The number of para-hydroxylation sites is 1. The van der Waals surface area contributed by atoms with Gasteiger partial charge in [-0.05, 0) is 24.5 Å².